The Kier molecular flexibility index (Phi) is 7.99. The Morgan fingerprint density at radius 2 is 1.32 bits per heavy atom. The second kappa shape index (κ2) is 8.98. The zero-order valence-electron chi connectivity index (χ0n) is 14.7. The van der Waals surface area contributed by atoms with Gasteiger partial charge in [-0.3, -0.25) is 0 Å². The first-order valence-corrected chi connectivity index (χ1v) is 9.29. The standard InChI is InChI=1S/C19H29NS.ClH/c1-13-14(2)16(4)18(17(5)15(13)3)12-21-19-10-8-6-7-9-11-20-19;/h6-12H2,1-5H3;1H. The molecule has 0 radical (unpaired) electrons. The fourth-order valence-electron chi connectivity index (χ4n) is 3.16. The lowest BCUT2D eigenvalue weighted by molar-refractivity contribution is -0.456. The van der Waals surface area contributed by atoms with E-state index in [0.29, 0.717) is 0 Å². The van der Waals surface area contributed by atoms with E-state index in [2.05, 4.69) is 39.6 Å². The quantitative estimate of drug-likeness (QED) is 0.845. The van der Waals surface area contributed by atoms with Crippen LogP contribution in [0.15, 0.2) is 0 Å². The molecular formula is C19H30ClNS. The molecule has 0 saturated heterocycles. The molecule has 1 nitrogen and oxygen atoms in total. The minimum Gasteiger partial charge on any atom is -1.00 e. The van der Waals surface area contributed by atoms with Gasteiger partial charge in [0.15, 0.2) is 0 Å². The summed E-state index contributed by atoms with van der Waals surface area (Å²) in [5.41, 5.74) is 8.96. The molecule has 0 aromatic heterocycles. The predicted octanol–water partition coefficient (Wildman–Crippen LogP) is 0.909. The van der Waals surface area contributed by atoms with Gasteiger partial charge in [-0.1, -0.05) is 18.2 Å². The van der Waals surface area contributed by atoms with Crippen LogP contribution >= 0.6 is 11.8 Å². The maximum atomic E-state index is 3.65. The third-order valence-corrected chi connectivity index (χ3v) is 6.33. The molecule has 0 bridgehead atoms. The highest BCUT2D eigenvalue weighted by Crippen LogP contribution is 2.29. The molecule has 22 heavy (non-hydrogen) atoms. The molecule has 3 heteroatoms. The molecule has 0 unspecified atom stereocenters. The Hall–Kier alpha value is -0.470. The van der Waals surface area contributed by atoms with Crippen molar-refractivity contribution >= 4 is 16.8 Å². The summed E-state index contributed by atoms with van der Waals surface area (Å²) >= 11 is 2.03. The largest absolute Gasteiger partial charge is 1.00 e. The van der Waals surface area contributed by atoms with Crippen molar-refractivity contribution in [1.82, 2.24) is 0 Å². The minimum absolute atomic E-state index is 0. The Morgan fingerprint density at radius 3 is 1.95 bits per heavy atom. The third-order valence-electron chi connectivity index (χ3n) is 5.20. The van der Waals surface area contributed by atoms with Crippen molar-refractivity contribution < 1.29 is 17.4 Å². The topological polar surface area (TPSA) is 14.0 Å². The molecular weight excluding hydrogens is 310 g/mol. The molecule has 1 aliphatic heterocycles. The molecule has 124 valence electrons. The molecule has 1 aromatic rings. The first-order chi connectivity index (χ1) is 10.0. The molecule has 0 aliphatic carbocycles. The highest BCUT2D eigenvalue weighted by Gasteiger charge is 2.15. The van der Waals surface area contributed by atoms with E-state index in [1.54, 1.807) is 5.56 Å². The van der Waals surface area contributed by atoms with Crippen LogP contribution in [-0.2, 0) is 5.75 Å². The maximum Gasteiger partial charge on any atom is 0.209 e. The summed E-state index contributed by atoms with van der Waals surface area (Å²) in [6.07, 6.45) is 6.70. The number of nitrogens with one attached hydrogen (secondary N) is 1. The second-order valence-corrected chi connectivity index (χ2v) is 7.48. The molecule has 0 fully saturated rings. The number of hydrogen-bond acceptors (Lipinski definition) is 1. The smallest absolute Gasteiger partial charge is 0.209 e. The third kappa shape index (κ3) is 4.52. The first kappa shape index (κ1) is 19.6. The lowest BCUT2D eigenvalue weighted by Gasteiger charge is -2.18. The van der Waals surface area contributed by atoms with Gasteiger partial charge in [0.25, 0.3) is 0 Å². The van der Waals surface area contributed by atoms with Crippen LogP contribution in [0.1, 0.15) is 65.5 Å². The zero-order valence-corrected chi connectivity index (χ0v) is 16.3. The normalized spacial score (nSPS) is 15.6. The van der Waals surface area contributed by atoms with Crippen molar-refractivity contribution in [2.75, 3.05) is 6.54 Å². The average molecular weight is 340 g/mol. The lowest BCUT2D eigenvalue weighted by atomic mass is 9.90. The van der Waals surface area contributed by atoms with Gasteiger partial charge in [0.1, 0.15) is 6.54 Å². The number of rotatable bonds is 2. The average Bonchev–Trinajstić information content (AvgIpc) is 2.44. The van der Waals surface area contributed by atoms with E-state index < -0.39 is 0 Å². The number of halogens is 1. The number of thioether (sulfide) groups is 1. The van der Waals surface area contributed by atoms with Gasteiger partial charge in [-0.2, -0.15) is 0 Å². The summed E-state index contributed by atoms with van der Waals surface area (Å²) in [4.78, 5) is 3.65. The molecule has 1 aliphatic rings. The number of hydrogen-bond donors (Lipinski definition) is 1. The van der Waals surface area contributed by atoms with Crippen LogP contribution in [0, 0.1) is 34.6 Å². The van der Waals surface area contributed by atoms with Crippen LogP contribution in [0.3, 0.4) is 0 Å². The first-order valence-electron chi connectivity index (χ1n) is 8.30. The van der Waals surface area contributed by atoms with Crippen LogP contribution in [0.2, 0.25) is 0 Å². The highest BCUT2D eigenvalue weighted by molar-refractivity contribution is 8.12. The Labute approximate surface area is 146 Å². The van der Waals surface area contributed by atoms with E-state index in [0.717, 1.165) is 12.3 Å². The molecule has 0 saturated carbocycles. The van der Waals surface area contributed by atoms with Crippen molar-refractivity contribution in [3.05, 3.63) is 33.4 Å². The van der Waals surface area contributed by atoms with Crippen molar-refractivity contribution in [3.63, 3.8) is 0 Å². The van der Waals surface area contributed by atoms with Crippen LogP contribution in [-0.4, -0.2) is 11.6 Å². The SMILES string of the molecule is Cc1c(C)c(C)c(CSC2=[NH+]CCCCCC2)c(C)c1C.[Cl-]. The van der Waals surface area contributed by atoms with Crippen LogP contribution < -0.4 is 17.4 Å². The second-order valence-electron chi connectivity index (χ2n) is 6.41. The van der Waals surface area contributed by atoms with Crippen molar-refractivity contribution in [1.29, 1.82) is 0 Å². The summed E-state index contributed by atoms with van der Waals surface area (Å²) in [6, 6.07) is 0. The molecule has 1 heterocycles. The van der Waals surface area contributed by atoms with Gasteiger partial charge in [-0.25, -0.2) is 4.99 Å². The summed E-state index contributed by atoms with van der Waals surface area (Å²) in [7, 11) is 0. The molecule has 0 spiro atoms. The summed E-state index contributed by atoms with van der Waals surface area (Å²) in [5, 5.41) is 1.50. The number of benzene rings is 1. The van der Waals surface area contributed by atoms with E-state index >= 15 is 0 Å². The molecule has 1 aromatic carbocycles. The van der Waals surface area contributed by atoms with E-state index in [1.165, 1.54) is 65.0 Å². The Bertz CT molecular complexity index is 520. The minimum atomic E-state index is 0. The Balaban J connectivity index is 0.00000242. The lowest BCUT2D eigenvalue weighted by Crippen LogP contribution is -3.00. The zero-order chi connectivity index (χ0) is 15.4. The summed E-state index contributed by atoms with van der Waals surface area (Å²) in [5.74, 6) is 1.11. The van der Waals surface area contributed by atoms with E-state index in [4.69, 9.17) is 0 Å². The maximum absolute atomic E-state index is 3.65. The van der Waals surface area contributed by atoms with Gasteiger partial charge in [-0.15, -0.1) is 0 Å². The van der Waals surface area contributed by atoms with Crippen LogP contribution in [0.5, 0.6) is 0 Å². The van der Waals surface area contributed by atoms with Gasteiger partial charge in [0.2, 0.25) is 5.04 Å². The van der Waals surface area contributed by atoms with Gasteiger partial charge >= 0.3 is 0 Å². The Morgan fingerprint density at radius 1 is 0.773 bits per heavy atom. The van der Waals surface area contributed by atoms with Gasteiger partial charge < -0.3 is 12.4 Å². The highest BCUT2D eigenvalue weighted by atomic mass is 35.5. The molecule has 0 amide bonds. The van der Waals surface area contributed by atoms with E-state index in [1.807, 2.05) is 11.8 Å². The van der Waals surface area contributed by atoms with Gasteiger partial charge in [0.05, 0.1) is 0 Å². The molecule has 0 atom stereocenters. The fraction of sp³-hybridized carbons (Fsp3) is 0.632. The van der Waals surface area contributed by atoms with Gasteiger partial charge in [-0.05, 0) is 80.8 Å². The van der Waals surface area contributed by atoms with E-state index in [9.17, 15) is 0 Å². The fourth-order valence-corrected chi connectivity index (χ4v) is 4.40. The molecule has 1 N–H and O–H groups in total. The molecule has 2 rings (SSSR count). The van der Waals surface area contributed by atoms with E-state index in [-0.39, 0.29) is 12.4 Å². The van der Waals surface area contributed by atoms with Crippen LogP contribution in [0.4, 0.5) is 0 Å². The van der Waals surface area contributed by atoms with Crippen molar-refractivity contribution in [2.45, 2.75) is 72.5 Å². The summed E-state index contributed by atoms with van der Waals surface area (Å²) < 4.78 is 0. The van der Waals surface area contributed by atoms with Crippen LogP contribution in [0.25, 0.3) is 0 Å². The van der Waals surface area contributed by atoms with Crippen molar-refractivity contribution in [2.24, 2.45) is 0 Å². The monoisotopic (exact) mass is 339 g/mol. The van der Waals surface area contributed by atoms with Crippen molar-refractivity contribution in [3.8, 4) is 0 Å². The van der Waals surface area contributed by atoms with Gasteiger partial charge in [0, 0.05) is 18.6 Å². The predicted molar refractivity (Wildman–Crippen MR) is 95.3 cm³/mol. The summed E-state index contributed by atoms with van der Waals surface area (Å²) in [6.45, 7) is 12.5.